The standard InChI is InChI=1S/C31H34FN5/c1-6-23(27(17-33-5)14-21(3)25-8-7-13-34-18-25)15-26-16-24(10-9-20(26)2)28-19-35-37-31(28)30-12-11-29(32)22(4)36-30/h6,9-12,14-17,19,25,34H,2-3,7-8,13,18H2,1,4-5H3,(H,35,37)/b23-6+,26-15-,27-14+,33-17-. The summed E-state index contributed by atoms with van der Waals surface area (Å²) >= 11 is 0. The van der Waals surface area contributed by atoms with Gasteiger partial charge >= 0.3 is 0 Å². The maximum Gasteiger partial charge on any atom is 0.144 e. The third-order valence-electron chi connectivity index (χ3n) is 6.75. The zero-order valence-corrected chi connectivity index (χ0v) is 21.8. The Bertz CT molecular complexity index is 1490. The highest BCUT2D eigenvalue weighted by molar-refractivity contribution is 5.90. The lowest BCUT2D eigenvalue weighted by Gasteiger charge is -2.23. The van der Waals surface area contributed by atoms with Crippen molar-refractivity contribution in [1.29, 1.82) is 0 Å². The lowest BCUT2D eigenvalue weighted by atomic mass is 9.90. The molecule has 1 saturated heterocycles. The number of hydrogen-bond acceptors (Lipinski definition) is 4. The Balaban J connectivity index is 1.73. The fourth-order valence-corrected chi connectivity index (χ4v) is 4.60. The van der Waals surface area contributed by atoms with E-state index in [4.69, 9.17) is 0 Å². The van der Waals surface area contributed by atoms with Crippen LogP contribution in [-0.4, -0.2) is 41.5 Å². The Morgan fingerprint density at radius 3 is 2.76 bits per heavy atom. The SMILES string of the molecule is C=C(/C=C(\C=N/C)C(/C=c1/cc(-c2c[nH]nc2-c2ccc(F)c(C)n2)ccc1=C)=C/C)C1CCCNC1. The summed E-state index contributed by atoms with van der Waals surface area (Å²) in [7, 11) is 1.78. The van der Waals surface area contributed by atoms with Crippen molar-refractivity contribution in [2.45, 2.75) is 26.7 Å². The van der Waals surface area contributed by atoms with Gasteiger partial charge in [-0.3, -0.25) is 10.1 Å². The quantitative estimate of drug-likeness (QED) is 0.362. The number of aryl methyl sites for hydroxylation is 1. The topological polar surface area (TPSA) is 66.0 Å². The number of benzene rings is 1. The maximum absolute atomic E-state index is 13.8. The van der Waals surface area contributed by atoms with Gasteiger partial charge in [-0.2, -0.15) is 5.10 Å². The number of hydrogen-bond donors (Lipinski definition) is 2. The van der Waals surface area contributed by atoms with Crippen molar-refractivity contribution in [1.82, 2.24) is 20.5 Å². The molecule has 37 heavy (non-hydrogen) atoms. The molecule has 4 rings (SSSR count). The van der Waals surface area contributed by atoms with Crippen LogP contribution < -0.4 is 15.8 Å². The molecule has 6 heteroatoms. The van der Waals surface area contributed by atoms with E-state index in [1.54, 1.807) is 20.0 Å². The number of allylic oxidation sites excluding steroid dienone is 4. The Labute approximate surface area is 218 Å². The molecular formula is C31H34FN5. The normalized spacial score (nSPS) is 17.5. The van der Waals surface area contributed by atoms with E-state index in [1.807, 2.05) is 31.5 Å². The van der Waals surface area contributed by atoms with Crippen LogP contribution in [-0.2, 0) is 0 Å². The van der Waals surface area contributed by atoms with Crippen LogP contribution in [0.5, 0.6) is 0 Å². The molecule has 0 radical (unpaired) electrons. The van der Waals surface area contributed by atoms with E-state index < -0.39 is 0 Å². The molecule has 2 aromatic heterocycles. The van der Waals surface area contributed by atoms with Gasteiger partial charge in [0.1, 0.15) is 11.5 Å². The van der Waals surface area contributed by atoms with Crippen LogP contribution in [0, 0.1) is 18.7 Å². The number of nitrogens with zero attached hydrogens (tertiary/aromatic N) is 3. The smallest absolute Gasteiger partial charge is 0.144 e. The van der Waals surface area contributed by atoms with Gasteiger partial charge in [0.25, 0.3) is 0 Å². The molecule has 0 saturated carbocycles. The number of H-pyrrole nitrogens is 1. The lowest BCUT2D eigenvalue weighted by Crippen LogP contribution is -2.30. The van der Waals surface area contributed by atoms with E-state index in [-0.39, 0.29) is 5.82 Å². The van der Waals surface area contributed by atoms with Gasteiger partial charge in [0.15, 0.2) is 0 Å². The number of halogens is 1. The lowest BCUT2D eigenvalue weighted by molar-refractivity contribution is 0.428. The molecule has 0 amide bonds. The highest BCUT2D eigenvalue weighted by atomic mass is 19.1. The zero-order chi connectivity index (χ0) is 26.4. The largest absolute Gasteiger partial charge is 0.316 e. The first-order chi connectivity index (χ1) is 17.9. The first-order valence-corrected chi connectivity index (χ1v) is 12.6. The number of aromatic nitrogens is 3. The summed E-state index contributed by atoms with van der Waals surface area (Å²) in [4.78, 5) is 8.70. The van der Waals surface area contributed by atoms with Gasteiger partial charge in [-0.05, 0) is 96.6 Å². The highest BCUT2D eigenvalue weighted by Gasteiger charge is 2.16. The van der Waals surface area contributed by atoms with Crippen molar-refractivity contribution in [2.75, 3.05) is 20.1 Å². The van der Waals surface area contributed by atoms with Crippen molar-refractivity contribution in [3.8, 4) is 22.5 Å². The second-order valence-electron chi connectivity index (χ2n) is 9.32. The number of nitrogens with one attached hydrogen (secondary N) is 2. The first-order valence-electron chi connectivity index (χ1n) is 12.6. The Morgan fingerprint density at radius 2 is 2.05 bits per heavy atom. The van der Waals surface area contributed by atoms with E-state index >= 15 is 0 Å². The molecule has 3 heterocycles. The van der Waals surface area contributed by atoms with Gasteiger partial charge in [-0.1, -0.05) is 36.9 Å². The molecule has 2 N–H and O–H groups in total. The van der Waals surface area contributed by atoms with Crippen molar-refractivity contribution >= 4 is 18.9 Å². The van der Waals surface area contributed by atoms with Gasteiger partial charge < -0.3 is 5.32 Å². The Kier molecular flexibility index (Phi) is 8.41. The minimum atomic E-state index is -0.333. The van der Waals surface area contributed by atoms with E-state index in [0.29, 0.717) is 23.0 Å². The number of pyridine rings is 1. The highest BCUT2D eigenvalue weighted by Crippen LogP contribution is 2.28. The van der Waals surface area contributed by atoms with E-state index in [0.717, 1.165) is 64.2 Å². The van der Waals surface area contributed by atoms with Crippen LogP contribution >= 0.6 is 0 Å². The van der Waals surface area contributed by atoms with E-state index in [9.17, 15) is 4.39 Å². The second-order valence-corrected chi connectivity index (χ2v) is 9.32. The van der Waals surface area contributed by atoms with Crippen LogP contribution in [0.2, 0.25) is 0 Å². The molecule has 1 aliphatic rings. The summed E-state index contributed by atoms with van der Waals surface area (Å²) in [5.74, 6) is 0.0991. The van der Waals surface area contributed by atoms with Crippen LogP contribution in [0.15, 0.2) is 77.0 Å². The summed E-state index contributed by atoms with van der Waals surface area (Å²) in [5.41, 5.74) is 6.66. The van der Waals surface area contributed by atoms with Gasteiger partial charge in [0, 0.05) is 31.6 Å². The Hall–Kier alpha value is -3.90. The predicted molar refractivity (Wildman–Crippen MR) is 152 cm³/mol. The van der Waals surface area contributed by atoms with Crippen molar-refractivity contribution in [2.24, 2.45) is 10.9 Å². The molecule has 1 fully saturated rings. The number of rotatable bonds is 7. The van der Waals surface area contributed by atoms with Crippen LogP contribution in [0.1, 0.15) is 25.5 Å². The summed E-state index contributed by atoms with van der Waals surface area (Å²) in [5, 5.41) is 12.7. The molecule has 1 atom stereocenters. The third-order valence-corrected chi connectivity index (χ3v) is 6.75. The predicted octanol–water partition coefficient (Wildman–Crippen LogP) is 4.91. The molecule has 5 nitrogen and oxygen atoms in total. The van der Waals surface area contributed by atoms with Crippen LogP contribution in [0.25, 0.3) is 35.2 Å². The average Bonchev–Trinajstić information content (AvgIpc) is 3.40. The molecule has 0 spiro atoms. The van der Waals surface area contributed by atoms with Gasteiger partial charge in [-0.25, -0.2) is 9.37 Å². The van der Waals surface area contributed by atoms with Crippen molar-refractivity contribution in [3.63, 3.8) is 0 Å². The second kappa shape index (κ2) is 11.9. The summed E-state index contributed by atoms with van der Waals surface area (Å²) in [6.45, 7) is 14.3. The molecule has 1 aromatic carbocycles. The van der Waals surface area contributed by atoms with E-state index in [2.05, 4.69) is 62.9 Å². The summed E-state index contributed by atoms with van der Waals surface area (Å²) < 4.78 is 13.8. The fourth-order valence-electron chi connectivity index (χ4n) is 4.60. The molecule has 1 unspecified atom stereocenters. The van der Waals surface area contributed by atoms with Crippen LogP contribution in [0.4, 0.5) is 4.39 Å². The maximum atomic E-state index is 13.8. The minimum absolute atomic E-state index is 0.333. The molecule has 190 valence electrons. The van der Waals surface area contributed by atoms with Gasteiger partial charge in [0.05, 0.1) is 11.4 Å². The molecule has 0 bridgehead atoms. The molecule has 3 aromatic rings. The average molecular weight is 496 g/mol. The monoisotopic (exact) mass is 495 g/mol. The summed E-state index contributed by atoms with van der Waals surface area (Å²) in [6, 6.07) is 9.18. The number of piperidine rings is 1. The van der Waals surface area contributed by atoms with Crippen LogP contribution in [0.3, 0.4) is 0 Å². The Morgan fingerprint density at radius 1 is 1.22 bits per heavy atom. The summed E-state index contributed by atoms with van der Waals surface area (Å²) in [6.07, 6.45) is 12.4. The van der Waals surface area contributed by atoms with Crippen molar-refractivity contribution < 1.29 is 4.39 Å². The fraction of sp³-hybridized carbons (Fsp3) is 0.258. The van der Waals surface area contributed by atoms with Gasteiger partial charge in [-0.15, -0.1) is 0 Å². The minimum Gasteiger partial charge on any atom is -0.316 e. The van der Waals surface area contributed by atoms with E-state index in [1.165, 1.54) is 6.07 Å². The van der Waals surface area contributed by atoms with Gasteiger partial charge in [0.2, 0.25) is 0 Å². The third kappa shape index (κ3) is 6.09. The van der Waals surface area contributed by atoms with Crippen molar-refractivity contribution in [3.05, 3.63) is 93.9 Å². The molecule has 1 aliphatic heterocycles. The molecular weight excluding hydrogens is 461 g/mol. The number of aliphatic imine (C=N–C) groups is 1. The molecule has 0 aliphatic carbocycles. The zero-order valence-electron chi connectivity index (χ0n) is 21.8. The number of aromatic amines is 1. The first kappa shape index (κ1) is 26.2.